The van der Waals surface area contributed by atoms with Gasteiger partial charge in [-0.15, -0.1) is 11.3 Å². The van der Waals surface area contributed by atoms with Crippen LogP contribution in [0.2, 0.25) is 5.02 Å². The van der Waals surface area contributed by atoms with E-state index in [1.807, 2.05) is 25.7 Å². The molecule has 1 aromatic carbocycles. The van der Waals surface area contributed by atoms with Gasteiger partial charge in [-0.05, 0) is 43.5 Å². The Morgan fingerprint density at radius 1 is 1.13 bits per heavy atom. The Hall–Kier alpha value is -2.38. The normalized spacial score (nSPS) is 14.6. The van der Waals surface area contributed by atoms with Crippen molar-refractivity contribution in [2.45, 2.75) is 39.7 Å². The Balaban J connectivity index is 1.59. The van der Waals surface area contributed by atoms with Crippen LogP contribution in [0.15, 0.2) is 30.3 Å². The highest BCUT2D eigenvalue weighted by Crippen LogP contribution is 2.28. The molecule has 3 rings (SSSR count). The summed E-state index contributed by atoms with van der Waals surface area (Å²) >= 11 is 7.32. The summed E-state index contributed by atoms with van der Waals surface area (Å²) in [7, 11) is 0. The fraction of sp³-hybridized carbons (Fsp3) is 0.409. The van der Waals surface area contributed by atoms with E-state index in [0.717, 1.165) is 18.4 Å². The lowest BCUT2D eigenvalue weighted by Crippen LogP contribution is -2.47. The molecule has 1 aliphatic heterocycles. The van der Waals surface area contributed by atoms with E-state index in [2.05, 4.69) is 10.6 Å². The summed E-state index contributed by atoms with van der Waals surface area (Å²) < 4.78 is 0. The van der Waals surface area contributed by atoms with Crippen LogP contribution in [-0.2, 0) is 4.79 Å². The first-order chi connectivity index (χ1) is 14.3. The van der Waals surface area contributed by atoms with Gasteiger partial charge in [0.05, 0.1) is 20.5 Å². The molecule has 0 saturated carbocycles. The Kier molecular flexibility index (Phi) is 7.15. The Morgan fingerprint density at radius 3 is 2.43 bits per heavy atom. The van der Waals surface area contributed by atoms with Crippen molar-refractivity contribution < 1.29 is 14.4 Å². The third kappa shape index (κ3) is 5.21. The molecular formula is C22H26ClN3O3S. The van der Waals surface area contributed by atoms with Crippen LogP contribution in [0.3, 0.4) is 0 Å². The van der Waals surface area contributed by atoms with E-state index in [4.69, 9.17) is 11.6 Å². The van der Waals surface area contributed by atoms with E-state index in [1.54, 1.807) is 30.3 Å². The highest BCUT2D eigenvalue weighted by molar-refractivity contribution is 7.18. The smallest absolute Gasteiger partial charge is 0.261 e. The number of benzene rings is 1. The van der Waals surface area contributed by atoms with E-state index in [1.165, 1.54) is 11.3 Å². The fourth-order valence-electron chi connectivity index (χ4n) is 3.45. The van der Waals surface area contributed by atoms with Crippen molar-refractivity contribution in [1.82, 2.24) is 10.2 Å². The number of carbonyl (C=O) groups is 3. The van der Waals surface area contributed by atoms with Gasteiger partial charge in [0, 0.05) is 25.0 Å². The van der Waals surface area contributed by atoms with Gasteiger partial charge in [0.2, 0.25) is 5.91 Å². The minimum atomic E-state index is -0.309. The molecule has 0 aliphatic carbocycles. The number of piperidine rings is 1. The van der Waals surface area contributed by atoms with Gasteiger partial charge in [0.25, 0.3) is 11.8 Å². The van der Waals surface area contributed by atoms with Crippen molar-refractivity contribution in [2.75, 3.05) is 18.4 Å². The van der Waals surface area contributed by atoms with Gasteiger partial charge in [-0.1, -0.05) is 37.6 Å². The van der Waals surface area contributed by atoms with Gasteiger partial charge in [-0.3, -0.25) is 14.4 Å². The molecule has 0 atom stereocenters. The van der Waals surface area contributed by atoms with Crippen LogP contribution < -0.4 is 10.6 Å². The number of halogens is 1. The van der Waals surface area contributed by atoms with Crippen molar-refractivity contribution in [3.8, 4) is 0 Å². The van der Waals surface area contributed by atoms with Gasteiger partial charge in [0.1, 0.15) is 0 Å². The molecule has 1 fully saturated rings. The van der Waals surface area contributed by atoms with Crippen LogP contribution >= 0.6 is 22.9 Å². The third-order valence-corrected chi connectivity index (χ3v) is 6.60. The minimum Gasteiger partial charge on any atom is -0.348 e. The highest BCUT2D eigenvalue weighted by atomic mass is 35.5. The molecule has 0 spiro atoms. The van der Waals surface area contributed by atoms with Gasteiger partial charge in [0.15, 0.2) is 0 Å². The number of anilines is 1. The van der Waals surface area contributed by atoms with E-state index >= 15 is 0 Å². The van der Waals surface area contributed by atoms with Gasteiger partial charge >= 0.3 is 0 Å². The van der Waals surface area contributed by atoms with Crippen LogP contribution in [0.5, 0.6) is 0 Å². The maximum Gasteiger partial charge on any atom is 0.261 e. The average Bonchev–Trinajstić information content (AvgIpc) is 3.08. The number of aryl methyl sites for hydroxylation is 1. The van der Waals surface area contributed by atoms with E-state index in [0.29, 0.717) is 33.6 Å². The first-order valence-electron chi connectivity index (χ1n) is 10.0. The number of nitrogens with zero attached hydrogens (tertiary/aromatic N) is 1. The van der Waals surface area contributed by atoms with Crippen molar-refractivity contribution in [3.63, 3.8) is 0 Å². The molecule has 0 bridgehead atoms. The Morgan fingerprint density at radius 2 is 1.80 bits per heavy atom. The molecule has 2 N–H and O–H groups in total. The average molecular weight is 448 g/mol. The first kappa shape index (κ1) is 22.3. The molecule has 30 heavy (non-hydrogen) atoms. The van der Waals surface area contributed by atoms with Crippen molar-refractivity contribution in [1.29, 1.82) is 0 Å². The third-order valence-electron chi connectivity index (χ3n) is 5.11. The van der Waals surface area contributed by atoms with E-state index in [-0.39, 0.29) is 29.7 Å². The molecule has 1 aliphatic rings. The second-order valence-electron chi connectivity index (χ2n) is 7.78. The summed E-state index contributed by atoms with van der Waals surface area (Å²) in [5.74, 6) is -0.308. The van der Waals surface area contributed by atoms with Gasteiger partial charge in [-0.2, -0.15) is 0 Å². The standard InChI is InChI=1S/C22H26ClN3O3S/c1-13(2)22(29)26-10-8-15(9-11-26)24-21(28)19-14(3)12-18(30-19)25-20(27)16-6-4-5-7-17(16)23/h4-7,12-13,15H,8-11H2,1-3H3,(H,24,28)(H,25,27). The predicted octanol–water partition coefficient (Wildman–Crippen LogP) is 4.34. The number of thiophene rings is 1. The molecule has 160 valence electrons. The quantitative estimate of drug-likeness (QED) is 0.715. The molecule has 2 heterocycles. The van der Waals surface area contributed by atoms with Crippen LogP contribution in [0.4, 0.5) is 5.00 Å². The van der Waals surface area contributed by atoms with E-state index < -0.39 is 0 Å². The molecular weight excluding hydrogens is 422 g/mol. The summed E-state index contributed by atoms with van der Waals surface area (Å²) in [5.41, 5.74) is 1.19. The van der Waals surface area contributed by atoms with E-state index in [9.17, 15) is 14.4 Å². The molecule has 3 amide bonds. The zero-order chi connectivity index (χ0) is 21.8. The first-order valence-corrected chi connectivity index (χ1v) is 11.2. The summed E-state index contributed by atoms with van der Waals surface area (Å²) in [6.45, 7) is 6.96. The largest absolute Gasteiger partial charge is 0.348 e. The molecule has 6 nitrogen and oxygen atoms in total. The second-order valence-corrected chi connectivity index (χ2v) is 9.24. The highest BCUT2D eigenvalue weighted by Gasteiger charge is 2.26. The second kappa shape index (κ2) is 9.62. The van der Waals surface area contributed by atoms with Crippen LogP contribution in [0.1, 0.15) is 52.3 Å². The SMILES string of the molecule is Cc1cc(NC(=O)c2ccccc2Cl)sc1C(=O)NC1CCN(C(=O)C(C)C)CC1. The van der Waals surface area contributed by atoms with Gasteiger partial charge in [-0.25, -0.2) is 0 Å². The maximum atomic E-state index is 12.8. The molecule has 1 saturated heterocycles. The fourth-order valence-corrected chi connectivity index (χ4v) is 4.65. The summed E-state index contributed by atoms with van der Waals surface area (Å²) in [6.07, 6.45) is 1.48. The number of likely N-dealkylation sites (tertiary alicyclic amines) is 1. The Labute approximate surface area is 185 Å². The monoisotopic (exact) mass is 447 g/mol. The zero-order valence-corrected chi connectivity index (χ0v) is 18.9. The van der Waals surface area contributed by atoms with Crippen LogP contribution in [-0.4, -0.2) is 41.8 Å². The maximum absolute atomic E-state index is 12.8. The predicted molar refractivity (Wildman–Crippen MR) is 120 cm³/mol. The summed E-state index contributed by atoms with van der Waals surface area (Å²) in [4.78, 5) is 39.8. The van der Waals surface area contributed by atoms with Crippen LogP contribution in [0.25, 0.3) is 0 Å². The van der Waals surface area contributed by atoms with Gasteiger partial charge < -0.3 is 15.5 Å². The Bertz CT molecular complexity index is 949. The van der Waals surface area contributed by atoms with Crippen molar-refractivity contribution in [2.24, 2.45) is 5.92 Å². The summed E-state index contributed by atoms with van der Waals surface area (Å²) in [5, 5.41) is 6.87. The molecule has 8 heteroatoms. The number of rotatable bonds is 5. The number of hydrogen-bond acceptors (Lipinski definition) is 4. The van der Waals surface area contributed by atoms with Crippen LogP contribution in [0, 0.1) is 12.8 Å². The lowest BCUT2D eigenvalue weighted by molar-refractivity contribution is -0.135. The lowest BCUT2D eigenvalue weighted by atomic mass is 10.0. The van der Waals surface area contributed by atoms with Crippen molar-refractivity contribution in [3.05, 3.63) is 51.4 Å². The molecule has 0 unspecified atom stereocenters. The van der Waals surface area contributed by atoms with Crippen molar-refractivity contribution >= 4 is 45.7 Å². The zero-order valence-electron chi connectivity index (χ0n) is 17.3. The number of amides is 3. The summed E-state index contributed by atoms with van der Waals surface area (Å²) in [6, 6.07) is 8.66. The molecule has 0 radical (unpaired) electrons. The topological polar surface area (TPSA) is 78.5 Å². The molecule has 2 aromatic rings. The minimum absolute atomic E-state index is 0.00990. The molecule has 1 aromatic heterocycles. The number of hydrogen-bond donors (Lipinski definition) is 2. The number of nitrogens with one attached hydrogen (secondary N) is 2. The lowest BCUT2D eigenvalue weighted by Gasteiger charge is -2.33. The number of carbonyl (C=O) groups excluding carboxylic acids is 3.